The molecule has 0 aliphatic carbocycles. The summed E-state index contributed by atoms with van der Waals surface area (Å²) in [5.41, 5.74) is 1.57. The highest BCUT2D eigenvalue weighted by molar-refractivity contribution is 6.39. The number of carbonyl (C=O) groups excluding carboxylic acids is 2. The van der Waals surface area contributed by atoms with Crippen molar-refractivity contribution in [2.24, 2.45) is 0 Å². The van der Waals surface area contributed by atoms with E-state index in [0.717, 1.165) is 68.2 Å². The molecule has 0 saturated carbocycles. The summed E-state index contributed by atoms with van der Waals surface area (Å²) < 4.78 is 43.0. The lowest BCUT2D eigenvalue weighted by atomic mass is 10.1. The Balaban J connectivity index is 1.38. The fraction of sp³-hybridized carbons (Fsp3) is 0.364. The minimum Gasteiger partial charge on any atom is -0.378 e. The van der Waals surface area contributed by atoms with Gasteiger partial charge < -0.3 is 20.3 Å². The predicted molar refractivity (Wildman–Crippen MR) is 111 cm³/mol. The Morgan fingerprint density at radius 1 is 0.935 bits per heavy atom. The minimum atomic E-state index is -4.46. The number of carbonyl (C=O) groups is 2. The number of aryl methyl sites for hydroxylation is 1. The average Bonchev–Trinajstić information content (AvgIpc) is 2.77. The highest BCUT2D eigenvalue weighted by Gasteiger charge is 2.30. The van der Waals surface area contributed by atoms with Crippen molar-refractivity contribution in [2.45, 2.75) is 19.0 Å². The van der Waals surface area contributed by atoms with E-state index in [4.69, 9.17) is 4.74 Å². The van der Waals surface area contributed by atoms with Gasteiger partial charge in [0, 0.05) is 31.0 Å². The second-order valence-corrected chi connectivity index (χ2v) is 7.15. The number of amides is 2. The number of anilines is 2. The van der Waals surface area contributed by atoms with Gasteiger partial charge in [0.05, 0.1) is 18.8 Å². The van der Waals surface area contributed by atoms with Gasteiger partial charge in [-0.25, -0.2) is 0 Å². The van der Waals surface area contributed by atoms with Gasteiger partial charge in [-0.3, -0.25) is 9.59 Å². The Bertz CT molecular complexity index is 878. The van der Waals surface area contributed by atoms with E-state index in [9.17, 15) is 22.8 Å². The highest BCUT2D eigenvalue weighted by atomic mass is 19.4. The topological polar surface area (TPSA) is 70.7 Å². The van der Waals surface area contributed by atoms with Crippen LogP contribution in [0.25, 0.3) is 0 Å². The van der Waals surface area contributed by atoms with E-state index in [1.54, 1.807) is 0 Å². The third kappa shape index (κ3) is 6.71. The fourth-order valence-corrected chi connectivity index (χ4v) is 3.20. The van der Waals surface area contributed by atoms with Crippen molar-refractivity contribution in [1.29, 1.82) is 0 Å². The first-order chi connectivity index (χ1) is 14.8. The number of alkyl halides is 3. The molecule has 0 radical (unpaired) electrons. The Hall–Kier alpha value is -3.07. The van der Waals surface area contributed by atoms with E-state index < -0.39 is 23.6 Å². The van der Waals surface area contributed by atoms with E-state index in [2.05, 4.69) is 27.7 Å². The third-order valence-corrected chi connectivity index (χ3v) is 4.92. The van der Waals surface area contributed by atoms with Crippen molar-refractivity contribution in [3.63, 3.8) is 0 Å². The Labute approximate surface area is 178 Å². The number of benzene rings is 2. The van der Waals surface area contributed by atoms with Gasteiger partial charge in [-0.2, -0.15) is 13.2 Å². The van der Waals surface area contributed by atoms with Gasteiger partial charge in [0.2, 0.25) is 0 Å². The lowest BCUT2D eigenvalue weighted by Gasteiger charge is -2.28. The summed E-state index contributed by atoms with van der Waals surface area (Å²) in [6, 6.07) is 12.1. The van der Waals surface area contributed by atoms with Crippen molar-refractivity contribution >= 4 is 23.2 Å². The molecule has 9 heteroatoms. The molecule has 0 atom stereocenters. The SMILES string of the molecule is O=C(NCCCc1ccc(N2CCOCC2)cc1)C(=O)Nc1ccc(C(F)(F)F)cc1. The number of nitrogens with one attached hydrogen (secondary N) is 2. The van der Waals surface area contributed by atoms with Gasteiger partial charge in [-0.1, -0.05) is 12.1 Å². The number of ether oxygens (including phenoxy) is 1. The zero-order chi connectivity index (χ0) is 22.3. The predicted octanol–water partition coefficient (Wildman–Crippen LogP) is 3.23. The monoisotopic (exact) mass is 435 g/mol. The molecule has 0 aromatic heterocycles. The van der Waals surface area contributed by atoms with E-state index in [-0.39, 0.29) is 5.69 Å². The number of halogens is 3. The van der Waals surface area contributed by atoms with Gasteiger partial charge in [0.1, 0.15) is 0 Å². The summed E-state index contributed by atoms with van der Waals surface area (Å²) in [5.74, 6) is -1.75. The summed E-state index contributed by atoms with van der Waals surface area (Å²) in [6.07, 6.45) is -3.07. The first kappa shape index (κ1) is 22.6. The number of nitrogens with zero attached hydrogens (tertiary/aromatic N) is 1. The van der Waals surface area contributed by atoms with Crippen LogP contribution in [0.4, 0.5) is 24.5 Å². The molecular weight excluding hydrogens is 411 g/mol. The summed E-state index contributed by atoms with van der Waals surface area (Å²) >= 11 is 0. The Kier molecular flexibility index (Phi) is 7.51. The molecule has 1 aliphatic rings. The zero-order valence-electron chi connectivity index (χ0n) is 16.9. The molecule has 2 amide bonds. The lowest BCUT2D eigenvalue weighted by Crippen LogP contribution is -2.36. The van der Waals surface area contributed by atoms with Crippen molar-refractivity contribution in [1.82, 2.24) is 5.32 Å². The van der Waals surface area contributed by atoms with Crippen LogP contribution in [-0.4, -0.2) is 44.7 Å². The Morgan fingerprint density at radius 2 is 1.58 bits per heavy atom. The standard InChI is InChI=1S/C22H24F3N3O3/c23-22(24,25)17-5-7-18(8-6-17)27-21(30)20(29)26-11-1-2-16-3-9-19(10-4-16)28-12-14-31-15-13-28/h3-10H,1-2,11-15H2,(H,26,29)(H,27,30). The number of rotatable bonds is 6. The van der Waals surface area contributed by atoms with Crippen LogP contribution in [0.5, 0.6) is 0 Å². The number of hydrogen-bond acceptors (Lipinski definition) is 4. The van der Waals surface area contributed by atoms with Crippen molar-refractivity contribution in [3.8, 4) is 0 Å². The van der Waals surface area contributed by atoms with E-state index in [1.165, 1.54) is 0 Å². The van der Waals surface area contributed by atoms with Crippen molar-refractivity contribution < 1.29 is 27.5 Å². The molecule has 0 spiro atoms. The zero-order valence-corrected chi connectivity index (χ0v) is 16.9. The van der Waals surface area contributed by atoms with Gasteiger partial charge in [-0.15, -0.1) is 0 Å². The van der Waals surface area contributed by atoms with Crippen molar-refractivity contribution in [2.75, 3.05) is 43.1 Å². The molecule has 1 aliphatic heterocycles. The van der Waals surface area contributed by atoms with Crippen LogP contribution >= 0.6 is 0 Å². The molecule has 2 aromatic carbocycles. The summed E-state index contributed by atoms with van der Waals surface area (Å²) in [6.45, 7) is 3.52. The fourth-order valence-electron chi connectivity index (χ4n) is 3.20. The summed E-state index contributed by atoms with van der Waals surface area (Å²) in [4.78, 5) is 26.0. The maximum absolute atomic E-state index is 12.6. The van der Waals surface area contributed by atoms with Crippen LogP contribution in [0.15, 0.2) is 48.5 Å². The summed E-state index contributed by atoms with van der Waals surface area (Å²) in [7, 11) is 0. The first-order valence-corrected chi connectivity index (χ1v) is 10.0. The first-order valence-electron chi connectivity index (χ1n) is 10.0. The molecule has 1 heterocycles. The van der Waals surface area contributed by atoms with Gasteiger partial charge >= 0.3 is 18.0 Å². The molecule has 1 fully saturated rings. The summed E-state index contributed by atoms with van der Waals surface area (Å²) in [5, 5.41) is 4.80. The van der Waals surface area contributed by atoms with E-state index >= 15 is 0 Å². The molecule has 0 unspecified atom stereocenters. The molecule has 2 aromatic rings. The highest BCUT2D eigenvalue weighted by Crippen LogP contribution is 2.29. The van der Waals surface area contributed by atoms with Crippen LogP contribution in [0, 0.1) is 0 Å². The smallest absolute Gasteiger partial charge is 0.378 e. The molecule has 166 valence electrons. The van der Waals surface area contributed by atoms with Crippen LogP contribution in [0.3, 0.4) is 0 Å². The molecule has 0 bridgehead atoms. The number of morpholine rings is 1. The third-order valence-electron chi connectivity index (χ3n) is 4.92. The minimum absolute atomic E-state index is 0.119. The van der Waals surface area contributed by atoms with E-state index in [1.807, 2.05) is 12.1 Å². The van der Waals surface area contributed by atoms with Gasteiger partial charge in [0.25, 0.3) is 0 Å². The normalized spacial score (nSPS) is 14.2. The van der Waals surface area contributed by atoms with E-state index in [0.29, 0.717) is 13.0 Å². The van der Waals surface area contributed by atoms with Crippen LogP contribution in [0.2, 0.25) is 0 Å². The van der Waals surface area contributed by atoms with Gasteiger partial charge in [-0.05, 0) is 54.8 Å². The average molecular weight is 435 g/mol. The largest absolute Gasteiger partial charge is 0.416 e. The quantitative estimate of drug-likeness (QED) is 0.540. The molecule has 1 saturated heterocycles. The molecule has 2 N–H and O–H groups in total. The van der Waals surface area contributed by atoms with Crippen LogP contribution in [0.1, 0.15) is 17.5 Å². The maximum Gasteiger partial charge on any atom is 0.416 e. The number of hydrogen-bond donors (Lipinski definition) is 2. The maximum atomic E-state index is 12.6. The molecule has 31 heavy (non-hydrogen) atoms. The van der Waals surface area contributed by atoms with Crippen molar-refractivity contribution in [3.05, 3.63) is 59.7 Å². The van der Waals surface area contributed by atoms with Gasteiger partial charge in [0.15, 0.2) is 0 Å². The second-order valence-electron chi connectivity index (χ2n) is 7.15. The van der Waals surface area contributed by atoms with Crippen LogP contribution in [-0.2, 0) is 26.9 Å². The Morgan fingerprint density at radius 3 is 2.19 bits per heavy atom. The molecule has 6 nitrogen and oxygen atoms in total. The lowest BCUT2D eigenvalue weighted by molar-refractivity contribution is -0.137. The molecule has 3 rings (SSSR count). The molecular formula is C22H24F3N3O3. The van der Waals surface area contributed by atoms with Crippen LogP contribution < -0.4 is 15.5 Å². The second kappa shape index (κ2) is 10.3.